The number of hydrogen-bond donors (Lipinski definition) is 2. The Hall–Kier alpha value is -2.90. The Labute approximate surface area is 176 Å². The van der Waals surface area contributed by atoms with E-state index in [-0.39, 0.29) is 7.43 Å². The maximum absolute atomic E-state index is 11.9. The fourth-order valence-electron chi connectivity index (χ4n) is 2.44. The summed E-state index contributed by atoms with van der Waals surface area (Å²) >= 11 is 0. The molecule has 7 heteroatoms. The van der Waals surface area contributed by atoms with Gasteiger partial charge in [0, 0.05) is 17.8 Å². The van der Waals surface area contributed by atoms with Crippen LogP contribution < -0.4 is 5.90 Å². The number of alkyl halides is 3. The topological polar surface area (TPSA) is 63.9 Å². The summed E-state index contributed by atoms with van der Waals surface area (Å²) in [5.74, 6) is 4.35. The third-order valence-electron chi connectivity index (χ3n) is 3.74. The van der Waals surface area contributed by atoms with Gasteiger partial charge in [0.15, 0.2) is 0 Å². The van der Waals surface area contributed by atoms with E-state index in [4.69, 9.17) is 0 Å². The number of benzene rings is 1. The van der Waals surface area contributed by atoms with Gasteiger partial charge in [0.2, 0.25) is 0 Å². The summed E-state index contributed by atoms with van der Waals surface area (Å²) in [4.78, 5) is 11.2. The first-order chi connectivity index (χ1) is 13.7. The molecule has 2 heterocycles. The van der Waals surface area contributed by atoms with Gasteiger partial charge in [0.1, 0.15) is 5.65 Å². The van der Waals surface area contributed by atoms with Gasteiger partial charge in [-0.1, -0.05) is 49.4 Å². The minimum atomic E-state index is -4.21. The molecule has 0 aliphatic heterocycles. The Morgan fingerprint density at radius 1 is 1.23 bits per heavy atom. The number of rotatable bonds is 3. The minimum absolute atomic E-state index is 0. The molecule has 164 valence electrons. The third-order valence-corrected chi connectivity index (χ3v) is 3.74. The minimum Gasteiger partial charge on any atom is -0.346 e. The van der Waals surface area contributed by atoms with E-state index in [9.17, 15) is 13.2 Å². The smallest absolute Gasteiger partial charge is 0.346 e. The lowest BCUT2D eigenvalue weighted by atomic mass is 10.1. The molecule has 0 aliphatic rings. The number of nitrogens with two attached hydrogens (primary N) is 1. The van der Waals surface area contributed by atoms with Gasteiger partial charge in [0.25, 0.3) is 0 Å². The van der Waals surface area contributed by atoms with E-state index in [1.165, 1.54) is 30.2 Å². The number of H-pyrrole nitrogens is 1. The van der Waals surface area contributed by atoms with Gasteiger partial charge in [0.05, 0.1) is 12.7 Å². The van der Waals surface area contributed by atoms with Crippen molar-refractivity contribution in [2.75, 3.05) is 7.11 Å². The van der Waals surface area contributed by atoms with Crippen molar-refractivity contribution in [3.05, 3.63) is 89.8 Å². The van der Waals surface area contributed by atoms with Gasteiger partial charge >= 0.3 is 6.18 Å². The molecule has 2 aromatic heterocycles. The van der Waals surface area contributed by atoms with Crippen LogP contribution in [-0.2, 0) is 17.4 Å². The Balaban J connectivity index is 0.000000499. The predicted molar refractivity (Wildman–Crippen MR) is 118 cm³/mol. The average molecular weight is 422 g/mol. The Bertz CT molecular complexity index is 913. The average Bonchev–Trinajstić information content (AvgIpc) is 3.06. The van der Waals surface area contributed by atoms with E-state index < -0.39 is 11.7 Å². The van der Waals surface area contributed by atoms with Crippen molar-refractivity contribution in [2.45, 2.75) is 33.9 Å². The van der Waals surface area contributed by atoms with Crippen molar-refractivity contribution in [1.29, 1.82) is 0 Å². The molecule has 3 N–H and O–H groups in total. The molecule has 0 radical (unpaired) electrons. The summed E-state index contributed by atoms with van der Waals surface area (Å²) in [6.45, 7) is 7.76. The Morgan fingerprint density at radius 3 is 2.37 bits per heavy atom. The highest BCUT2D eigenvalue weighted by Crippen LogP contribution is 2.28. The molecule has 3 rings (SSSR count). The van der Waals surface area contributed by atoms with E-state index in [1.807, 2.05) is 31.3 Å². The van der Waals surface area contributed by atoms with E-state index in [0.29, 0.717) is 0 Å². The number of aryl methyl sites for hydroxylation is 1. The van der Waals surface area contributed by atoms with Crippen LogP contribution in [0.3, 0.4) is 0 Å². The largest absolute Gasteiger partial charge is 0.416 e. The first kappa shape index (κ1) is 27.1. The van der Waals surface area contributed by atoms with Crippen molar-refractivity contribution in [3.8, 4) is 0 Å². The molecule has 0 bridgehead atoms. The third kappa shape index (κ3) is 9.07. The predicted octanol–water partition coefficient (Wildman–Crippen LogP) is 6.39. The summed E-state index contributed by atoms with van der Waals surface area (Å²) < 4.78 is 35.8. The van der Waals surface area contributed by atoms with E-state index >= 15 is 0 Å². The van der Waals surface area contributed by atoms with Gasteiger partial charge in [-0.2, -0.15) is 13.2 Å². The number of pyridine rings is 1. The molecule has 0 saturated heterocycles. The van der Waals surface area contributed by atoms with Crippen molar-refractivity contribution in [1.82, 2.24) is 9.97 Å². The van der Waals surface area contributed by atoms with Crippen LogP contribution in [0.4, 0.5) is 13.2 Å². The maximum Gasteiger partial charge on any atom is 0.416 e. The second-order valence-corrected chi connectivity index (χ2v) is 6.15. The number of halogens is 3. The second kappa shape index (κ2) is 13.3. The lowest BCUT2D eigenvalue weighted by molar-refractivity contribution is -0.137. The molecule has 30 heavy (non-hydrogen) atoms. The zero-order chi connectivity index (χ0) is 21.9. The van der Waals surface area contributed by atoms with Crippen LogP contribution in [0.2, 0.25) is 0 Å². The first-order valence-electron chi connectivity index (χ1n) is 8.81. The highest BCUT2D eigenvalue weighted by molar-refractivity contribution is 5.79. The summed E-state index contributed by atoms with van der Waals surface area (Å²) in [5, 5.41) is 1.18. The zero-order valence-electron chi connectivity index (χ0n) is 16.8. The van der Waals surface area contributed by atoms with Crippen LogP contribution in [0.5, 0.6) is 0 Å². The van der Waals surface area contributed by atoms with Crippen LogP contribution in [0, 0.1) is 6.92 Å². The van der Waals surface area contributed by atoms with Crippen molar-refractivity contribution < 1.29 is 18.0 Å². The number of nitrogens with one attached hydrogen (secondary N) is 1. The summed E-state index contributed by atoms with van der Waals surface area (Å²) in [6.07, 6.45) is 4.50. The van der Waals surface area contributed by atoms with Crippen LogP contribution in [0.15, 0.2) is 73.1 Å². The second-order valence-electron chi connectivity index (χ2n) is 6.15. The molecule has 3 aromatic rings. The number of fused-ring (bicyclic) bond motifs is 1. The fourth-order valence-corrected chi connectivity index (χ4v) is 2.44. The van der Waals surface area contributed by atoms with Crippen molar-refractivity contribution in [2.24, 2.45) is 5.90 Å². The molecule has 1 aromatic carbocycles. The van der Waals surface area contributed by atoms with Crippen LogP contribution in [0.25, 0.3) is 11.0 Å². The van der Waals surface area contributed by atoms with Crippen LogP contribution >= 0.6 is 0 Å². The fraction of sp³-hybridized carbons (Fsp3) is 0.261. The summed E-state index contributed by atoms with van der Waals surface area (Å²) in [7, 11) is 1.40. The number of hydrogen-bond acceptors (Lipinski definition) is 3. The van der Waals surface area contributed by atoms with Crippen molar-refractivity contribution in [3.63, 3.8) is 0 Å². The van der Waals surface area contributed by atoms with Crippen LogP contribution in [0.1, 0.15) is 31.0 Å². The zero-order valence-corrected chi connectivity index (χ0v) is 16.8. The number of allylic oxidation sites excluding steroid dienone is 3. The highest BCUT2D eigenvalue weighted by atomic mass is 19.4. The molecule has 0 amide bonds. The number of aromatic amines is 1. The molecule has 0 atom stereocenters. The molecule has 4 nitrogen and oxygen atoms in total. The Morgan fingerprint density at radius 2 is 1.83 bits per heavy atom. The lowest BCUT2D eigenvalue weighted by Crippen LogP contribution is -2.03. The molecular formula is C23H30F3N3O. The van der Waals surface area contributed by atoms with Gasteiger partial charge < -0.3 is 9.82 Å². The van der Waals surface area contributed by atoms with Gasteiger partial charge in [-0.3, -0.25) is 0 Å². The molecule has 0 aliphatic carbocycles. The quantitative estimate of drug-likeness (QED) is 0.380. The highest BCUT2D eigenvalue weighted by Gasteiger charge is 2.29. The standard InChI is InChI=1S/C13H14N2.C8H7F3.CH5NO.CH4/c1-3-5-10(2)8-11-9-15-13-12(11)6-4-7-14-13;1-6-2-4-7(5-3-6)8(9,10)11;1-3-2;/h3-7,9H,2,8H2,1H3,(H,14,15);2-5H,1H3;2H2,1H3;1H4/b5-3-;;;. The SMILES string of the molecule is C.C=C(/C=C\C)Cc1c[nH]c2ncccc12.CON.Cc1ccc(C(F)(F)F)cc1. The van der Waals surface area contributed by atoms with Gasteiger partial charge in [-0.15, -0.1) is 0 Å². The van der Waals surface area contributed by atoms with Crippen LogP contribution in [-0.4, -0.2) is 17.1 Å². The van der Waals surface area contributed by atoms with Gasteiger partial charge in [-0.25, -0.2) is 10.9 Å². The van der Waals surface area contributed by atoms with E-state index in [0.717, 1.165) is 35.3 Å². The number of nitrogens with zero attached hydrogens (tertiary/aromatic N) is 1. The summed E-state index contributed by atoms with van der Waals surface area (Å²) in [6, 6.07) is 9.09. The molecule has 0 spiro atoms. The van der Waals surface area contributed by atoms with E-state index in [2.05, 4.69) is 33.3 Å². The number of aromatic nitrogens is 2. The maximum atomic E-state index is 11.9. The van der Waals surface area contributed by atoms with Gasteiger partial charge in [-0.05, 0) is 50.1 Å². The molecule has 0 saturated carbocycles. The monoisotopic (exact) mass is 421 g/mol. The first-order valence-corrected chi connectivity index (χ1v) is 8.81. The normalized spacial score (nSPS) is 10.5. The lowest BCUT2D eigenvalue weighted by Gasteiger charge is -2.05. The molecular weight excluding hydrogens is 391 g/mol. The summed E-state index contributed by atoms with van der Waals surface area (Å²) in [5.41, 5.74) is 3.55. The van der Waals surface area contributed by atoms with Crippen molar-refractivity contribution >= 4 is 11.0 Å². The Kier molecular flexibility index (Phi) is 12.1. The van der Waals surface area contributed by atoms with E-state index in [1.54, 1.807) is 13.1 Å². The molecule has 0 fully saturated rings. The molecule has 0 unspecified atom stereocenters.